The number of nitrogens with two attached hydrogens (primary N) is 1. The lowest BCUT2D eigenvalue weighted by Gasteiger charge is -2.28. The third kappa shape index (κ3) is 3.53. The topological polar surface area (TPSA) is 64.4 Å². The summed E-state index contributed by atoms with van der Waals surface area (Å²) in [4.78, 5) is 12.1. The molecule has 0 aromatic heterocycles. The molecule has 2 unspecified atom stereocenters. The third-order valence-corrected chi connectivity index (χ3v) is 3.79. The lowest BCUT2D eigenvalue weighted by molar-refractivity contribution is 0.0136. The van der Waals surface area contributed by atoms with Crippen molar-refractivity contribution in [1.82, 2.24) is 5.32 Å². The van der Waals surface area contributed by atoms with Crippen LogP contribution in [0.4, 0.5) is 5.69 Å². The summed E-state index contributed by atoms with van der Waals surface area (Å²) in [5.74, 6) is -0.192. The van der Waals surface area contributed by atoms with Gasteiger partial charge >= 0.3 is 0 Å². The Bertz CT molecular complexity index is 471. The average molecular weight is 303 g/mol. The highest BCUT2D eigenvalue weighted by molar-refractivity contribution is 6.39. The first-order valence-corrected chi connectivity index (χ1v) is 6.90. The van der Waals surface area contributed by atoms with Crippen LogP contribution in [0.25, 0.3) is 0 Å². The molecule has 0 aliphatic carbocycles. The molecule has 0 radical (unpaired) electrons. The van der Waals surface area contributed by atoms with Crippen LogP contribution in [0.15, 0.2) is 12.1 Å². The van der Waals surface area contributed by atoms with Crippen molar-refractivity contribution in [1.29, 1.82) is 0 Å². The van der Waals surface area contributed by atoms with Gasteiger partial charge in [-0.05, 0) is 31.9 Å². The highest BCUT2D eigenvalue weighted by atomic mass is 35.5. The van der Waals surface area contributed by atoms with Gasteiger partial charge in [-0.2, -0.15) is 0 Å². The van der Waals surface area contributed by atoms with E-state index in [9.17, 15) is 4.79 Å². The number of carbonyl (C=O) groups is 1. The first kappa shape index (κ1) is 14.4. The third-order valence-electron chi connectivity index (χ3n) is 3.16. The molecule has 4 nitrogen and oxygen atoms in total. The molecule has 1 fully saturated rings. The molecule has 0 spiro atoms. The normalized spacial score (nSPS) is 23.1. The van der Waals surface area contributed by atoms with E-state index in [1.165, 1.54) is 12.1 Å². The van der Waals surface area contributed by atoms with Crippen LogP contribution in [0.5, 0.6) is 0 Å². The van der Waals surface area contributed by atoms with E-state index in [1.54, 1.807) is 0 Å². The Morgan fingerprint density at radius 1 is 1.42 bits per heavy atom. The van der Waals surface area contributed by atoms with Gasteiger partial charge in [0.1, 0.15) is 0 Å². The zero-order valence-corrected chi connectivity index (χ0v) is 12.1. The van der Waals surface area contributed by atoms with Crippen molar-refractivity contribution in [3.05, 3.63) is 27.7 Å². The summed E-state index contributed by atoms with van der Waals surface area (Å²) < 4.78 is 5.44. The summed E-state index contributed by atoms with van der Waals surface area (Å²) in [6.07, 6.45) is 1.78. The maximum absolute atomic E-state index is 12.1. The molecule has 3 N–H and O–H groups in total. The Morgan fingerprint density at radius 3 is 2.63 bits per heavy atom. The van der Waals surface area contributed by atoms with Crippen molar-refractivity contribution in [3.63, 3.8) is 0 Å². The van der Waals surface area contributed by atoms with E-state index in [1.807, 2.05) is 6.92 Å². The number of ether oxygens (including phenoxy) is 1. The second-order valence-electron chi connectivity index (χ2n) is 4.73. The number of rotatable bonds is 2. The smallest absolute Gasteiger partial charge is 0.251 e. The molecular formula is C13H16Cl2N2O2. The van der Waals surface area contributed by atoms with Gasteiger partial charge < -0.3 is 15.8 Å². The van der Waals surface area contributed by atoms with Gasteiger partial charge in [0.15, 0.2) is 0 Å². The second-order valence-corrected chi connectivity index (χ2v) is 5.54. The SMILES string of the molecule is CC1CC(NC(=O)c2cc(Cl)c(N)c(Cl)c2)CCO1. The molecule has 1 amide bonds. The van der Waals surface area contributed by atoms with Crippen molar-refractivity contribution in [2.24, 2.45) is 0 Å². The fourth-order valence-corrected chi connectivity index (χ4v) is 2.60. The quantitative estimate of drug-likeness (QED) is 0.826. The fourth-order valence-electron chi connectivity index (χ4n) is 2.11. The number of hydrogen-bond acceptors (Lipinski definition) is 3. The lowest BCUT2D eigenvalue weighted by atomic mass is 10.0. The number of nitrogens with one attached hydrogen (secondary N) is 1. The highest BCUT2D eigenvalue weighted by Crippen LogP contribution is 2.29. The molecule has 1 aliphatic heterocycles. The number of carbonyl (C=O) groups excluding carboxylic acids is 1. The van der Waals surface area contributed by atoms with Gasteiger partial charge in [0.2, 0.25) is 0 Å². The Labute approximate surface area is 122 Å². The Balaban J connectivity index is 2.07. The molecule has 0 saturated carbocycles. The molecule has 1 aliphatic rings. The van der Waals surface area contributed by atoms with Crippen LogP contribution in [0, 0.1) is 0 Å². The monoisotopic (exact) mass is 302 g/mol. The molecule has 2 atom stereocenters. The van der Waals surface area contributed by atoms with Gasteiger partial charge in [-0.25, -0.2) is 0 Å². The number of nitrogen functional groups attached to an aromatic ring is 1. The van der Waals surface area contributed by atoms with Crippen LogP contribution >= 0.6 is 23.2 Å². The van der Waals surface area contributed by atoms with Crippen LogP contribution in [-0.4, -0.2) is 24.7 Å². The van der Waals surface area contributed by atoms with Gasteiger partial charge in [-0.3, -0.25) is 4.79 Å². The Morgan fingerprint density at radius 2 is 2.05 bits per heavy atom. The van der Waals surface area contributed by atoms with Crippen molar-refractivity contribution in [2.75, 3.05) is 12.3 Å². The van der Waals surface area contributed by atoms with E-state index in [4.69, 9.17) is 33.7 Å². The predicted octanol–water partition coefficient (Wildman–Crippen LogP) is 2.87. The summed E-state index contributed by atoms with van der Waals surface area (Å²) in [5.41, 5.74) is 6.35. The number of amides is 1. The van der Waals surface area contributed by atoms with Gasteiger partial charge in [-0.1, -0.05) is 23.2 Å². The van der Waals surface area contributed by atoms with Crippen molar-refractivity contribution < 1.29 is 9.53 Å². The highest BCUT2D eigenvalue weighted by Gasteiger charge is 2.22. The maximum atomic E-state index is 12.1. The molecule has 1 heterocycles. The maximum Gasteiger partial charge on any atom is 0.251 e. The van der Waals surface area contributed by atoms with Crippen molar-refractivity contribution in [3.8, 4) is 0 Å². The van der Waals surface area contributed by atoms with Crippen molar-refractivity contribution >= 4 is 34.8 Å². The Kier molecular flexibility index (Phi) is 4.55. The van der Waals surface area contributed by atoms with Gasteiger partial charge in [0.05, 0.1) is 21.8 Å². The number of halogens is 2. The van der Waals surface area contributed by atoms with Crippen LogP contribution in [0.3, 0.4) is 0 Å². The van der Waals surface area contributed by atoms with E-state index in [-0.39, 0.29) is 28.1 Å². The minimum absolute atomic E-state index is 0.117. The van der Waals surface area contributed by atoms with E-state index < -0.39 is 0 Å². The summed E-state index contributed by atoms with van der Waals surface area (Å²) >= 11 is 11.8. The van der Waals surface area contributed by atoms with E-state index in [0.29, 0.717) is 17.9 Å². The Hall–Kier alpha value is -0.970. The lowest BCUT2D eigenvalue weighted by Crippen LogP contribution is -2.41. The predicted molar refractivity (Wildman–Crippen MR) is 76.8 cm³/mol. The number of hydrogen-bond donors (Lipinski definition) is 2. The molecule has 1 saturated heterocycles. The zero-order valence-electron chi connectivity index (χ0n) is 10.6. The van der Waals surface area contributed by atoms with Crippen molar-refractivity contribution in [2.45, 2.75) is 31.9 Å². The van der Waals surface area contributed by atoms with E-state index >= 15 is 0 Å². The van der Waals surface area contributed by atoms with Crippen LogP contribution in [0.1, 0.15) is 30.1 Å². The van der Waals surface area contributed by atoms with Gasteiger partial charge in [0.25, 0.3) is 5.91 Å². The molecule has 1 aromatic rings. The summed E-state index contributed by atoms with van der Waals surface area (Å²) in [5, 5.41) is 3.54. The minimum Gasteiger partial charge on any atom is -0.396 e. The zero-order chi connectivity index (χ0) is 14.0. The van der Waals surface area contributed by atoms with Gasteiger partial charge in [0, 0.05) is 18.2 Å². The molecule has 0 bridgehead atoms. The van der Waals surface area contributed by atoms with Crippen LogP contribution in [0.2, 0.25) is 10.0 Å². The van der Waals surface area contributed by atoms with Gasteiger partial charge in [-0.15, -0.1) is 0 Å². The molecule has 19 heavy (non-hydrogen) atoms. The molecule has 2 rings (SSSR count). The van der Waals surface area contributed by atoms with E-state index in [0.717, 1.165) is 12.8 Å². The van der Waals surface area contributed by atoms with E-state index in [2.05, 4.69) is 5.32 Å². The first-order valence-electron chi connectivity index (χ1n) is 6.14. The largest absolute Gasteiger partial charge is 0.396 e. The summed E-state index contributed by atoms with van der Waals surface area (Å²) in [7, 11) is 0. The summed E-state index contributed by atoms with van der Waals surface area (Å²) in [6.45, 7) is 2.66. The standard InChI is InChI=1S/C13H16Cl2N2O2/c1-7-4-9(2-3-19-7)17-13(18)8-5-10(14)12(16)11(15)6-8/h5-7,9H,2-4,16H2,1H3,(H,17,18). The molecular weight excluding hydrogens is 287 g/mol. The number of benzene rings is 1. The minimum atomic E-state index is -0.192. The van der Waals surface area contributed by atoms with Crippen LogP contribution < -0.4 is 11.1 Å². The number of anilines is 1. The fraction of sp³-hybridized carbons (Fsp3) is 0.462. The first-order chi connectivity index (χ1) is 8.97. The molecule has 104 valence electrons. The average Bonchev–Trinajstić information content (AvgIpc) is 2.35. The van der Waals surface area contributed by atoms with Crippen LogP contribution in [-0.2, 0) is 4.74 Å². The molecule has 6 heteroatoms. The summed E-state index contributed by atoms with van der Waals surface area (Å²) in [6, 6.07) is 3.17. The molecule has 1 aromatic carbocycles. The second kappa shape index (κ2) is 5.99.